The Morgan fingerprint density at radius 1 is 1.44 bits per heavy atom. The van der Waals surface area contributed by atoms with E-state index in [0.29, 0.717) is 5.56 Å². The normalized spacial score (nSPS) is 11.2. The quantitative estimate of drug-likeness (QED) is 0.843. The molecule has 1 rings (SSSR count). The molecule has 0 heterocycles. The predicted molar refractivity (Wildman–Crippen MR) is 52.7 cm³/mol. The summed E-state index contributed by atoms with van der Waals surface area (Å²) >= 11 is 0. The van der Waals surface area contributed by atoms with Crippen LogP contribution in [0, 0.1) is 6.92 Å². The molecular formula is C10H10F3NO2. The molecule has 0 bridgehead atoms. The molecule has 2 N–H and O–H groups in total. The molecule has 88 valence electrons. The summed E-state index contributed by atoms with van der Waals surface area (Å²) in [6.45, 7) is 0.295. The number of alkyl halides is 3. The number of carboxylic acid groups (broad SMARTS) is 1. The number of aromatic carboxylic acids is 1. The molecule has 0 unspecified atom stereocenters. The van der Waals surface area contributed by atoms with E-state index in [1.807, 2.05) is 0 Å². The van der Waals surface area contributed by atoms with Crippen LogP contribution < -0.4 is 5.32 Å². The van der Waals surface area contributed by atoms with Crippen LogP contribution in [0.1, 0.15) is 15.9 Å². The summed E-state index contributed by atoms with van der Waals surface area (Å²) in [4.78, 5) is 10.8. The van der Waals surface area contributed by atoms with Gasteiger partial charge >= 0.3 is 12.1 Å². The highest BCUT2D eigenvalue weighted by molar-refractivity contribution is 5.95. The highest BCUT2D eigenvalue weighted by atomic mass is 19.4. The number of carbonyl (C=O) groups is 1. The second-order valence-corrected chi connectivity index (χ2v) is 3.27. The van der Waals surface area contributed by atoms with E-state index in [4.69, 9.17) is 5.11 Å². The van der Waals surface area contributed by atoms with Gasteiger partial charge in [-0.1, -0.05) is 12.1 Å². The van der Waals surface area contributed by atoms with Crippen molar-refractivity contribution in [1.82, 2.24) is 0 Å². The van der Waals surface area contributed by atoms with Crippen LogP contribution in [-0.2, 0) is 0 Å². The lowest BCUT2D eigenvalue weighted by molar-refractivity contribution is -0.115. The molecule has 1 aromatic carbocycles. The van der Waals surface area contributed by atoms with E-state index in [0.717, 1.165) is 0 Å². The summed E-state index contributed by atoms with van der Waals surface area (Å²) in [5.74, 6) is -1.26. The minimum absolute atomic E-state index is 0.00678. The van der Waals surface area contributed by atoms with Gasteiger partial charge in [-0.25, -0.2) is 4.79 Å². The van der Waals surface area contributed by atoms with Gasteiger partial charge in [-0.3, -0.25) is 0 Å². The van der Waals surface area contributed by atoms with Gasteiger partial charge in [-0.15, -0.1) is 0 Å². The van der Waals surface area contributed by atoms with Gasteiger partial charge < -0.3 is 10.4 Å². The molecule has 0 atom stereocenters. The largest absolute Gasteiger partial charge is 0.478 e. The summed E-state index contributed by atoms with van der Waals surface area (Å²) < 4.78 is 36.0. The fraction of sp³-hybridized carbons (Fsp3) is 0.300. The number of carboxylic acids is 1. The Kier molecular flexibility index (Phi) is 3.41. The molecule has 0 amide bonds. The van der Waals surface area contributed by atoms with Crippen LogP contribution >= 0.6 is 0 Å². The van der Waals surface area contributed by atoms with Crippen molar-refractivity contribution in [1.29, 1.82) is 0 Å². The van der Waals surface area contributed by atoms with Crippen molar-refractivity contribution in [2.45, 2.75) is 13.1 Å². The van der Waals surface area contributed by atoms with Gasteiger partial charge in [0, 0.05) is 0 Å². The highest BCUT2D eigenvalue weighted by Crippen LogP contribution is 2.23. The zero-order valence-corrected chi connectivity index (χ0v) is 8.43. The summed E-state index contributed by atoms with van der Waals surface area (Å²) in [5.41, 5.74) is 0.306. The minimum Gasteiger partial charge on any atom is -0.478 e. The third-order valence-corrected chi connectivity index (χ3v) is 1.97. The molecule has 6 heteroatoms. The molecule has 0 radical (unpaired) electrons. The number of para-hydroxylation sites is 1. The van der Waals surface area contributed by atoms with E-state index in [1.165, 1.54) is 12.1 Å². The molecule has 0 aliphatic heterocycles. The summed E-state index contributed by atoms with van der Waals surface area (Å²) in [7, 11) is 0. The number of hydrogen-bond donors (Lipinski definition) is 2. The van der Waals surface area contributed by atoms with E-state index in [1.54, 1.807) is 13.0 Å². The van der Waals surface area contributed by atoms with Crippen molar-refractivity contribution < 1.29 is 23.1 Å². The minimum atomic E-state index is -4.38. The maximum absolute atomic E-state index is 12.0. The van der Waals surface area contributed by atoms with Crippen LogP contribution in [0.3, 0.4) is 0 Å². The zero-order valence-electron chi connectivity index (χ0n) is 8.43. The lowest BCUT2D eigenvalue weighted by atomic mass is 10.1. The monoisotopic (exact) mass is 233 g/mol. The Labute approximate surface area is 89.9 Å². The fourth-order valence-corrected chi connectivity index (χ4v) is 1.27. The molecule has 0 aliphatic rings. The molecule has 0 saturated heterocycles. The second-order valence-electron chi connectivity index (χ2n) is 3.27. The van der Waals surface area contributed by atoms with Crippen molar-refractivity contribution in [2.24, 2.45) is 0 Å². The van der Waals surface area contributed by atoms with Crippen molar-refractivity contribution in [3.63, 3.8) is 0 Å². The van der Waals surface area contributed by atoms with Crippen molar-refractivity contribution in [3.05, 3.63) is 29.3 Å². The topological polar surface area (TPSA) is 49.3 Å². The molecule has 0 spiro atoms. The SMILES string of the molecule is Cc1cccc(C(=O)O)c1NCC(F)(F)F. The standard InChI is InChI=1S/C10H10F3NO2/c1-6-3-2-4-7(9(15)16)8(6)14-5-10(11,12)13/h2-4,14H,5H2,1H3,(H,15,16). The molecule has 0 aromatic heterocycles. The Morgan fingerprint density at radius 3 is 2.56 bits per heavy atom. The van der Waals surface area contributed by atoms with Crippen LogP contribution in [0.2, 0.25) is 0 Å². The Balaban J connectivity index is 2.98. The van der Waals surface area contributed by atoms with Crippen molar-refractivity contribution in [3.8, 4) is 0 Å². The highest BCUT2D eigenvalue weighted by Gasteiger charge is 2.27. The molecular weight excluding hydrogens is 223 g/mol. The summed E-state index contributed by atoms with van der Waals surface area (Å²) in [6.07, 6.45) is -4.38. The van der Waals surface area contributed by atoms with Gasteiger partial charge in [-0.2, -0.15) is 13.2 Å². The zero-order chi connectivity index (χ0) is 12.3. The van der Waals surface area contributed by atoms with E-state index in [9.17, 15) is 18.0 Å². The number of benzene rings is 1. The van der Waals surface area contributed by atoms with Crippen molar-refractivity contribution >= 4 is 11.7 Å². The average molecular weight is 233 g/mol. The third-order valence-electron chi connectivity index (χ3n) is 1.97. The number of nitrogens with one attached hydrogen (secondary N) is 1. The van der Waals surface area contributed by atoms with Gasteiger partial charge in [-0.05, 0) is 18.6 Å². The number of rotatable bonds is 3. The molecule has 1 aromatic rings. The van der Waals surface area contributed by atoms with E-state index in [2.05, 4.69) is 5.32 Å². The van der Waals surface area contributed by atoms with Crippen LogP contribution in [0.25, 0.3) is 0 Å². The fourth-order valence-electron chi connectivity index (χ4n) is 1.27. The first-order valence-electron chi connectivity index (χ1n) is 4.45. The number of halogens is 3. The van der Waals surface area contributed by atoms with E-state index < -0.39 is 18.7 Å². The Morgan fingerprint density at radius 2 is 2.06 bits per heavy atom. The maximum Gasteiger partial charge on any atom is 0.405 e. The smallest absolute Gasteiger partial charge is 0.405 e. The lowest BCUT2D eigenvalue weighted by Gasteiger charge is -2.14. The average Bonchev–Trinajstić information content (AvgIpc) is 2.13. The number of aryl methyl sites for hydroxylation is 1. The Bertz CT molecular complexity index is 402. The van der Waals surface area contributed by atoms with E-state index >= 15 is 0 Å². The van der Waals surface area contributed by atoms with Crippen LogP contribution in [0.4, 0.5) is 18.9 Å². The van der Waals surface area contributed by atoms with Crippen LogP contribution in [0.15, 0.2) is 18.2 Å². The first kappa shape index (κ1) is 12.4. The number of hydrogen-bond acceptors (Lipinski definition) is 2. The second kappa shape index (κ2) is 4.42. The van der Waals surface area contributed by atoms with Gasteiger partial charge in [0.15, 0.2) is 0 Å². The summed E-state index contributed by atoms with van der Waals surface area (Å²) in [6, 6.07) is 4.29. The van der Waals surface area contributed by atoms with Gasteiger partial charge in [0.1, 0.15) is 6.54 Å². The van der Waals surface area contributed by atoms with Crippen LogP contribution in [-0.4, -0.2) is 23.8 Å². The predicted octanol–water partition coefficient (Wildman–Crippen LogP) is 2.67. The van der Waals surface area contributed by atoms with Crippen molar-refractivity contribution in [2.75, 3.05) is 11.9 Å². The molecule has 3 nitrogen and oxygen atoms in total. The molecule has 0 fully saturated rings. The van der Waals surface area contributed by atoms with E-state index in [-0.39, 0.29) is 11.3 Å². The lowest BCUT2D eigenvalue weighted by Crippen LogP contribution is -2.22. The van der Waals surface area contributed by atoms with Gasteiger partial charge in [0.2, 0.25) is 0 Å². The van der Waals surface area contributed by atoms with Gasteiger partial charge in [0.25, 0.3) is 0 Å². The third kappa shape index (κ3) is 3.15. The molecule has 16 heavy (non-hydrogen) atoms. The summed E-state index contributed by atoms with van der Waals surface area (Å²) in [5, 5.41) is 10.9. The Hall–Kier alpha value is -1.72. The first-order valence-corrected chi connectivity index (χ1v) is 4.45. The molecule has 0 aliphatic carbocycles. The number of anilines is 1. The van der Waals surface area contributed by atoms with Gasteiger partial charge in [0.05, 0.1) is 11.3 Å². The first-order chi connectivity index (χ1) is 7.31. The molecule has 0 saturated carbocycles. The maximum atomic E-state index is 12.0. The van der Waals surface area contributed by atoms with Crippen LogP contribution in [0.5, 0.6) is 0 Å².